The van der Waals surface area contributed by atoms with Crippen LogP contribution in [-0.2, 0) is 0 Å². The van der Waals surface area contributed by atoms with Gasteiger partial charge in [0.1, 0.15) is 0 Å². The van der Waals surface area contributed by atoms with Crippen LogP contribution in [0.15, 0.2) is 21.7 Å². The summed E-state index contributed by atoms with van der Waals surface area (Å²) in [5, 5.41) is 17.1. The van der Waals surface area contributed by atoms with E-state index in [1.165, 1.54) is 32.6 Å². The summed E-state index contributed by atoms with van der Waals surface area (Å²) in [6, 6.07) is 3.12. The van der Waals surface area contributed by atoms with E-state index >= 15 is 0 Å². The maximum absolute atomic E-state index is 12.4. The molecular formula is C19H24BrN3O3. The summed E-state index contributed by atoms with van der Waals surface area (Å²) in [7, 11) is 1.49. The minimum atomic E-state index is -0.243. The average molecular weight is 422 g/mol. The third-order valence-electron chi connectivity index (χ3n) is 6.07. The van der Waals surface area contributed by atoms with Crippen LogP contribution in [0, 0.1) is 17.8 Å². The molecule has 0 spiro atoms. The summed E-state index contributed by atoms with van der Waals surface area (Å²) in [6.07, 6.45) is 8.90. The van der Waals surface area contributed by atoms with Gasteiger partial charge in [-0.3, -0.25) is 0 Å². The highest BCUT2D eigenvalue weighted by molar-refractivity contribution is 9.10. The fourth-order valence-corrected chi connectivity index (χ4v) is 5.98. The predicted molar refractivity (Wildman–Crippen MR) is 103 cm³/mol. The summed E-state index contributed by atoms with van der Waals surface area (Å²) in [4.78, 5) is 12.4. The van der Waals surface area contributed by atoms with E-state index in [9.17, 15) is 9.90 Å². The van der Waals surface area contributed by atoms with Crippen LogP contribution in [0.25, 0.3) is 0 Å². The number of halogens is 1. The molecule has 4 saturated carbocycles. The molecule has 140 valence electrons. The molecule has 3 N–H and O–H groups in total. The number of benzene rings is 1. The van der Waals surface area contributed by atoms with Crippen molar-refractivity contribution in [1.29, 1.82) is 0 Å². The molecule has 26 heavy (non-hydrogen) atoms. The Morgan fingerprint density at radius 1 is 1.27 bits per heavy atom. The SMILES string of the molecule is COc1cc(/C=N/NC(=O)NC23CC4CC(CC(C4)C2)C3)cc(Br)c1O. The number of hydrazone groups is 1. The van der Waals surface area contributed by atoms with Gasteiger partial charge < -0.3 is 15.2 Å². The van der Waals surface area contributed by atoms with Crippen molar-refractivity contribution in [2.75, 3.05) is 7.11 Å². The molecule has 0 aromatic heterocycles. The Morgan fingerprint density at radius 2 is 1.88 bits per heavy atom. The molecular weight excluding hydrogens is 398 g/mol. The zero-order valence-corrected chi connectivity index (χ0v) is 16.4. The lowest BCUT2D eigenvalue weighted by molar-refractivity contribution is -0.0135. The Balaban J connectivity index is 1.37. The number of aromatic hydroxyl groups is 1. The largest absolute Gasteiger partial charge is 0.503 e. The number of hydrogen-bond acceptors (Lipinski definition) is 4. The zero-order valence-electron chi connectivity index (χ0n) is 14.8. The monoisotopic (exact) mass is 421 g/mol. The molecule has 0 atom stereocenters. The quantitative estimate of drug-likeness (QED) is 0.510. The number of nitrogens with one attached hydrogen (secondary N) is 2. The molecule has 7 heteroatoms. The van der Waals surface area contributed by atoms with Crippen LogP contribution in [0.1, 0.15) is 44.1 Å². The predicted octanol–water partition coefficient (Wildman–Crippen LogP) is 3.77. The first-order valence-electron chi connectivity index (χ1n) is 9.14. The van der Waals surface area contributed by atoms with E-state index in [2.05, 4.69) is 31.8 Å². The number of nitrogens with zero attached hydrogens (tertiary/aromatic N) is 1. The van der Waals surface area contributed by atoms with Gasteiger partial charge in [-0.25, -0.2) is 10.2 Å². The van der Waals surface area contributed by atoms with Gasteiger partial charge in [-0.2, -0.15) is 5.10 Å². The molecule has 5 rings (SSSR count). The molecule has 4 aliphatic rings. The maximum Gasteiger partial charge on any atom is 0.335 e. The number of urea groups is 1. The van der Waals surface area contributed by atoms with E-state index in [1.807, 2.05) is 0 Å². The topological polar surface area (TPSA) is 83.0 Å². The molecule has 1 aromatic rings. The van der Waals surface area contributed by atoms with Crippen molar-refractivity contribution < 1.29 is 14.6 Å². The molecule has 0 aliphatic heterocycles. The fourth-order valence-electron chi connectivity index (χ4n) is 5.52. The highest BCUT2D eigenvalue weighted by Crippen LogP contribution is 2.55. The van der Waals surface area contributed by atoms with Crippen LogP contribution >= 0.6 is 15.9 Å². The van der Waals surface area contributed by atoms with Crippen LogP contribution in [0.2, 0.25) is 0 Å². The number of ether oxygens (including phenoxy) is 1. The molecule has 4 bridgehead atoms. The Morgan fingerprint density at radius 3 is 2.46 bits per heavy atom. The van der Waals surface area contributed by atoms with Gasteiger partial charge in [0.2, 0.25) is 0 Å². The van der Waals surface area contributed by atoms with Crippen LogP contribution in [0.4, 0.5) is 4.79 Å². The summed E-state index contributed by atoms with van der Waals surface area (Å²) >= 11 is 3.27. The lowest BCUT2D eigenvalue weighted by Crippen LogP contribution is -2.61. The second-order valence-electron chi connectivity index (χ2n) is 8.08. The standard InChI is InChI=1S/C19H24BrN3O3/c1-26-16-6-14(5-15(20)17(16)24)10-21-23-18(25)22-19-7-11-2-12(8-19)4-13(3-11)9-19/h5-6,10-13,24H,2-4,7-9H2,1H3,(H2,22,23,25)/b21-10+. The minimum absolute atomic E-state index is 0.0286. The molecule has 1 aromatic carbocycles. The van der Waals surface area contributed by atoms with Crippen LogP contribution in [-0.4, -0.2) is 30.0 Å². The first kappa shape index (κ1) is 17.6. The van der Waals surface area contributed by atoms with Crippen molar-refractivity contribution >= 4 is 28.2 Å². The van der Waals surface area contributed by atoms with Gasteiger partial charge in [0.05, 0.1) is 17.8 Å². The first-order chi connectivity index (χ1) is 12.5. The van der Waals surface area contributed by atoms with E-state index < -0.39 is 0 Å². The Hall–Kier alpha value is -1.76. The third-order valence-corrected chi connectivity index (χ3v) is 6.67. The second-order valence-corrected chi connectivity index (χ2v) is 8.93. The van der Waals surface area contributed by atoms with Gasteiger partial charge in [-0.1, -0.05) is 0 Å². The average Bonchev–Trinajstić information content (AvgIpc) is 2.56. The summed E-state index contributed by atoms with van der Waals surface area (Å²) in [5.74, 6) is 2.74. The van der Waals surface area contributed by atoms with Crippen LogP contribution in [0.3, 0.4) is 0 Å². The van der Waals surface area contributed by atoms with Crippen LogP contribution in [0.5, 0.6) is 11.5 Å². The second kappa shape index (κ2) is 6.76. The molecule has 4 aliphatic carbocycles. The Bertz CT molecular complexity index is 715. The van der Waals surface area contributed by atoms with Crippen molar-refractivity contribution in [1.82, 2.24) is 10.7 Å². The van der Waals surface area contributed by atoms with Gasteiger partial charge in [-0.05, 0) is 89.9 Å². The zero-order chi connectivity index (χ0) is 18.3. The van der Waals surface area contributed by atoms with E-state index in [4.69, 9.17) is 4.74 Å². The van der Waals surface area contributed by atoms with E-state index in [-0.39, 0.29) is 17.3 Å². The number of carbonyl (C=O) groups excluding carboxylic acids is 1. The normalized spacial score (nSPS) is 32.0. The molecule has 6 nitrogen and oxygen atoms in total. The van der Waals surface area contributed by atoms with Gasteiger partial charge in [-0.15, -0.1) is 0 Å². The number of methoxy groups -OCH3 is 1. The van der Waals surface area contributed by atoms with Crippen molar-refractivity contribution in [2.24, 2.45) is 22.9 Å². The van der Waals surface area contributed by atoms with E-state index in [0.717, 1.165) is 37.0 Å². The van der Waals surface area contributed by atoms with Crippen molar-refractivity contribution in [3.05, 3.63) is 22.2 Å². The van der Waals surface area contributed by atoms with E-state index in [1.54, 1.807) is 12.1 Å². The van der Waals surface area contributed by atoms with Crippen molar-refractivity contribution in [2.45, 2.75) is 44.1 Å². The number of phenols is 1. The van der Waals surface area contributed by atoms with Crippen LogP contribution < -0.4 is 15.5 Å². The summed E-state index contributed by atoms with van der Waals surface area (Å²) < 4.78 is 5.62. The van der Waals surface area contributed by atoms with Crippen molar-refractivity contribution in [3.8, 4) is 11.5 Å². The fraction of sp³-hybridized carbons (Fsp3) is 0.579. The third kappa shape index (κ3) is 3.41. The van der Waals surface area contributed by atoms with Gasteiger partial charge >= 0.3 is 6.03 Å². The molecule has 0 unspecified atom stereocenters. The number of carbonyl (C=O) groups is 1. The number of hydrogen-bond donors (Lipinski definition) is 3. The number of phenolic OH excluding ortho intramolecular Hbond substituents is 1. The highest BCUT2D eigenvalue weighted by Gasteiger charge is 2.51. The molecule has 0 heterocycles. The molecule has 0 saturated heterocycles. The van der Waals surface area contributed by atoms with Gasteiger partial charge in [0.15, 0.2) is 11.5 Å². The maximum atomic E-state index is 12.4. The molecule has 2 amide bonds. The highest BCUT2D eigenvalue weighted by atomic mass is 79.9. The van der Waals surface area contributed by atoms with E-state index in [0.29, 0.717) is 15.8 Å². The van der Waals surface area contributed by atoms with Gasteiger partial charge in [0.25, 0.3) is 0 Å². The lowest BCUT2D eigenvalue weighted by Gasteiger charge is -2.56. The number of rotatable bonds is 4. The summed E-state index contributed by atoms with van der Waals surface area (Å²) in [5.41, 5.74) is 3.26. The smallest absolute Gasteiger partial charge is 0.335 e. The number of amides is 2. The Kier molecular flexibility index (Phi) is 4.59. The van der Waals surface area contributed by atoms with Crippen molar-refractivity contribution in [3.63, 3.8) is 0 Å². The summed E-state index contributed by atoms with van der Waals surface area (Å²) in [6.45, 7) is 0. The Labute approximate surface area is 161 Å². The van der Waals surface area contributed by atoms with Gasteiger partial charge in [0, 0.05) is 5.54 Å². The molecule has 4 fully saturated rings. The minimum Gasteiger partial charge on any atom is -0.503 e. The first-order valence-corrected chi connectivity index (χ1v) is 9.93. The molecule has 0 radical (unpaired) electrons. The lowest BCUT2D eigenvalue weighted by atomic mass is 9.53.